The Bertz CT molecular complexity index is 537. The molecule has 1 N–H and O–H groups in total. The summed E-state index contributed by atoms with van der Waals surface area (Å²) in [7, 11) is 0. The number of aliphatic hydroxyl groups excluding tert-OH is 1. The van der Waals surface area contributed by atoms with Crippen LogP contribution in [-0.2, 0) is 0 Å². The number of aliphatic hydroxyl groups is 1. The molecule has 0 saturated heterocycles. The van der Waals surface area contributed by atoms with Crippen LogP contribution in [0, 0.1) is 0 Å². The summed E-state index contributed by atoms with van der Waals surface area (Å²) < 4.78 is 0. The van der Waals surface area contributed by atoms with E-state index in [4.69, 9.17) is 0 Å². The first-order valence-corrected chi connectivity index (χ1v) is 4.67. The normalized spacial score (nSPS) is 12.3. The highest BCUT2D eigenvalue weighted by Crippen LogP contribution is 2.05. The Morgan fingerprint density at radius 3 is 2.40 bits per heavy atom. The molecule has 0 aliphatic heterocycles. The van der Waals surface area contributed by atoms with Crippen molar-refractivity contribution in [3.63, 3.8) is 0 Å². The second-order valence-electron chi connectivity index (χ2n) is 3.25. The van der Waals surface area contributed by atoms with Crippen LogP contribution in [0.3, 0.4) is 0 Å². The van der Waals surface area contributed by atoms with Crippen LogP contribution in [0.25, 0.3) is 12.3 Å². The number of rotatable bonds is 1. The topological polar surface area (TPSA) is 33.1 Å². The van der Waals surface area contributed by atoms with Crippen LogP contribution in [0.2, 0.25) is 0 Å². The second kappa shape index (κ2) is 3.96. The molecule has 0 aliphatic carbocycles. The summed E-state index contributed by atoms with van der Waals surface area (Å²) in [6, 6.07) is 13.0. The molecule has 0 aliphatic rings. The monoisotopic (exact) mass is 197 g/mol. The molecule has 2 aromatic rings. The summed E-state index contributed by atoms with van der Waals surface area (Å²) in [5.74, 6) is 0.239. The Labute approximate surface area is 87.9 Å². The van der Waals surface area contributed by atoms with Crippen molar-refractivity contribution < 1.29 is 5.11 Å². The molecular formula is C13H11NO. The molecule has 0 saturated carbocycles. The van der Waals surface area contributed by atoms with Gasteiger partial charge in [-0.3, -0.25) is 4.98 Å². The van der Waals surface area contributed by atoms with E-state index in [2.05, 4.69) is 11.6 Å². The largest absolute Gasteiger partial charge is 0.507 e. The molecule has 0 bridgehead atoms. The molecule has 0 fully saturated rings. The number of nitrogens with zero attached hydrogens (tertiary/aromatic N) is 1. The van der Waals surface area contributed by atoms with Gasteiger partial charge in [0.25, 0.3) is 0 Å². The van der Waals surface area contributed by atoms with Gasteiger partial charge in [-0.2, -0.15) is 0 Å². The van der Waals surface area contributed by atoms with Crippen molar-refractivity contribution in [2.75, 3.05) is 0 Å². The Hall–Kier alpha value is -2.09. The van der Waals surface area contributed by atoms with Crippen LogP contribution in [-0.4, -0.2) is 10.1 Å². The van der Waals surface area contributed by atoms with Crippen LogP contribution in [0.15, 0.2) is 48.7 Å². The van der Waals surface area contributed by atoms with E-state index in [1.54, 1.807) is 18.3 Å². The molecule has 2 nitrogen and oxygen atoms in total. The minimum absolute atomic E-state index is 0.239. The van der Waals surface area contributed by atoms with E-state index in [9.17, 15) is 5.11 Å². The number of aromatic nitrogens is 1. The Kier molecular flexibility index (Phi) is 2.50. The second-order valence-corrected chi connectivity index (χ2v) is 3.25. The SMILES string of the molecule is C=c1ccc(=C(O)c2ccccc2)cn1. The van der Waals surface area contributed by atoms with Crippen molar-refractivity contribution in [2.45, 2.75) is 0 Å². The third-order valence-corrected chi connectivity index (χ3v) is 2.15. The van der Waals surface area contributed by atoms with E-state index >= 15 is 0 Å². The summed E-state index contributed by atoms with van der Waals surface area (Å²) in [5, 5.41) is 11.3. The van der Waals surface area contributed by atoms with Gasteiger partial charge in [-0.25, -0.2) is 0 Å². The van der Waals surface area contributed by atoms with Crippen LogP contribution in [0.4, 0.5) is 0 Å². The van der Waals surface area contributed by atoms with Gasteiger partial charge in [-0.1, -0.05) is 36.9 Å². The maximum atomic E-state index is 9.94. The van der Waals surface area contributed by atoms with Crippen molar-refractivity contribution in [2.24, 2.45) is 0 Å². The van der Waals surface area contributed by atoms with E-state index < -0.39 is 0 Å². The zero-order chi connectivity index (χ0) is 10.7. The number of hydrogen-bond donors (Lipinski definition) is 1. The van der Waals surface area contributed by atoms with E-state index in [-0.39, 0.29) is 5.76 Å². The van der Waals surface area contributed by atoms with Gasteiger partial charge < -0.3 is 5.11 Å². The highest BCUT2D eigenvalue weighted by Gasteiger charge is 1.97. The van der Waals surface area contributed by atoms with Gasteiger partial charge in [-0.05, 0) is 12.1 Å². The smallest absolute Gasteiger partial charge is 0.131 e. The lowest BCUT2D eigenvalue weighted by Crippen LogP contribution is -2.13. The fourth-order valence-corrected chi connectivity index (χ4v) is 1.33. The van der Waals surface area contributed by atoms with Gasteiger partial charge in [-0.15, -0.1) is 0 Å². The molecule has 1 heterocycles. The van der Waals surface area contributed by atoms with Gasteiger partial charge in [0.05, 0.1) is 5.35 Å². The Morgan fingerprint density at radius 2 is 1.80 bits per heavy atom. The molecule has 2 heteroatoms. The van der Waals surface area contributed by atoms with Crippen LogP contribution in [0.5, 0.6) is 0 Å². The average molecular weight is 197 g/mol. The summed E-state index contributed by atoms with van der Waals surface area (Å²) in [6.45, 7) is 3.69. The number of pyridine rings is 1. The van der Waals surface area contributed by atoms with Crippen LogP contribution in [0.1, 0.15) is 5.56 Å². The van der Waals surface area contributed by atoms with Gasteiger partial charge in [0.1, 0.15) is 5.76 Å². The third kappa shape index (κ3) is 2.05. The van der Waals surface area contributed by atoms with E-state index in [1.165, 1.54) is 0 Å². The van der Waals surface area contributed by atoms with E-state index in [1.807, 2.05) is 30.3 Å². The molecule has 1 aromatic carbocycles. The van der Waals surface area contributed by atoms with Gasteiger partial charge in [0, 0.05) is 17.0 Å². The van der Waals surface area contributed by atoms with Gasteiger partial charge >= 0.3 is 0 Å². The lowest BCUT2D eigenvalue weighted by Gasteiger charge is -1.98. The van der Waals surface area contributed by atoms with Gasteiger partial charge in [0.2, 0.25) is 0 Å². The molecule has 74 valence electrons. The lowest BCUT2D eigenvalue weighted by molar-refractivity contribution is 0.507. The minimum atomic E-state index is 0.239. The molecule has 0 unspecified atom stereocenters. The Balaban J connectivity index is 2.60. The first kappa shape index (κ1) is 9.46. The molecule has 0 amide bonds. The lowest BCUT2D eigenvalue weighted by atomic mass is 10.1. The molecule has 0 atom stereocenters. The van der Waals surface area contributed by atoms with Gasteiger partial charge in [0.15, 0.2) is 0 Å². The molecular weight excluding hydrogens is 186 g/mol. The molecule has 0 spiro atoms. The summed E-state index contributed by atoms with van der Waals surface area (Å²) in [6.07, 6.45) is 1.62. The number of hydrogen-bond acceptors (Lipinski definition) is 2. The maximum Gasteiger partial charge on any atom is 0.131 e. The van der Waals surface area contributed by atoms with Crippen molar-refractivity contribution in [3.05, 3.63) is 64.8 Å². The summed E-state index contributed by atoms with van der Waals surface area (Å²) in [4.78, 5) is 4.03. The Morgan fingerprint density at radius 1 is 1.07 bits per heavy atom. The quantitative estimate of drug-likeness (QED) is 0.745. The fourth-order valence-electron chi connectivity index (χ4n) is 1.33. The van der Waals surface area contributed by atoms with E-state index in [0.29, 0.717) is 10.6 Å². The van der Waals surface area contributed by atoms with Crippen LogP contribution < -0.4 is 10.6 Å². The predicted octanol–water partition coefficient (Wildman–Crippen LogP) is 1.21. The maximum absolute atomic E-state index is 9.94. The first-order chi connectivity index (χ1) is 7.27. The van der Waals surface area contributed by atoms with Crippen molar-refractivity contribution in [1.82, 2.24) is 4.98 Å². The third-order valence-electron chi connectivity index (χ3n) is 2.15. The van der Waals surface area contributed by atoms with Crippen molar-refractivity contribution in [1.29, 1.82) is 0 Å². The highest BCUT2D eigenvalue weighted by atomic mass is 16.3. The fraction of sp³-hybridized carbons (Fsp3) is 0. The number of benzene rings is 1. The van der Waals surface area contributed by atoms with Crippen molar-refractivity contribution in [3.8, 4) is 0 Å². The van der Waals surface area contributed by atoms with Crippen molar-refractivity contribution >= 4 is 12.3 Å². The molecule has 1 aromatic heterocycles. The summed E-state index contributed by atoms with van der Waals surface area (Å²) >= 11 is 0. The molecule has 0 radical (unpaired) electrons. The highest BCUT2D eigenvalue weighted by molar-refractivity contribution is 5.57. The minimum Gasteiger partial charge on any atom is -0.507 e. The van der Waals surface area contributed by atoms with Crippen LogP contribution >= 0.6 is 0 Å². The standard InChI is InChI=1S/C13H11NO/c1-10-7-8-12(9-14-10)13(15)11-5-3-2-4-6-11/h2-9,15H,1H2. The zero-order valence-electron chi connectivity index (χ0n) is 8.22. The first-order valence-electron chi connectivity index (χ1n) is 4.67. The zero-order valence-corrected chi connectivity index (χ0v) is 8.22. The molecule has 2 rings (SSSR count). The van der Waals surface area contributed by atoms with E-state index in [0.717, 1.165) is 5.56 Å². The average Bonchev–Trinajstić information content (AvgIpc) is 2.30. The molecule has 15 heavy (non-hydrogen) atoms. The predicted molar refractivity (Wildman–Crippen MR) is 60.6 cm³/mol. The summed E-state index contributed by atoms with van der Waals surface area (Å²) in [5.41, 5.74) is 0.788.